The number of rotatable bonds is 2. The van der Waals surface area contributed by atoms with Crippen molar-refractivity contribution in [3.8, 4) is 0 Å². The van der Waals surface area contributed by atoms with E-state index in [0.29, 0.717) is 5.56 Å². The van der Waals surface area contributed by atoms with Crippen LogP contribution < -0.4 is 5.32 Å². The van der Waals surface area contributed by atoms with Gasteiger partial charge in [-0.05, 0) is 68.9 Å². The number of aromatic nitrogens is 1. The van der Waals surface area contributed by atoms with Crippen molar-refractivity contribution >= 4 is 50.1 Å². The molecule has 17 heavy (non-hydrogen) atoms. The number of nitrogens with zero attached hydrogens (tertiary/aromatic N) is 1. The Morgan fingerprint density at radius 3 is 2.65 bits per heavy atom. The number of carbonyl (C=O) groups excluding carboxylic acids is 1. The Balaban J connectivity index is 2.23. The monoisotopic (exact) mass is 402 g/mol. The predicted octanol–water partition coefficient (Wildman–Crippen LogP) is 3.70. The summed E-state index contributed by atoms with van der Waals surface area (Å²) in [5.41, 5.74) is 1.35. The molecule has 0 bridgehead atoms. The summed E-state index contributed by atoms with van der Waals surface area (Å²) in [6.07, 6.45) is 3.28. The van der Waals surface area contributed by atoms with Crippen molar-refractivity contribution in [1.82, 2.24) is 4.98 Å². The highest BCUT2D eigenvalue weighted by Gasteiger charge is 2.10. The zero-order chi connectivity index (χ0) is 12.3. The van der Waals surface area contributed by atoms with Crippen LogP contribution in [0.3, 0.4) is 0 Å². The van der Waals surface area contributed by atoms with Crippen molar-refractivity contribution < 1.29 is 4.79 Å². The molecule has 2 rings (SSSR count). The lowest BCUT2D eigenvalue weighted by Crippen LogP contribution is -2.12. The molecule has 86 valence electrons. The molecule has 1 N–H and O–H groups in total. The molecule has 0 saturated heterocycles. The molecule has 0 atom stereocenters. The van der Waals surface area contributed by atoms with Gasteiger partial charge in [0.05, 0.1) is 5.56 Å². The molecule has 0 fully saturated rings. The molecule has 3 nitrogen and oxygen atoms in total. The Morgan fingerprint density at radius 2 is 1.94 bits per heavy atom. The highest BCUT2D eigenvalue weighted by Crippen LogP contribution is 2.20. The topological polar surface area (TPSA) is 42.0 Å². The summed E-state index contributed by atoms with van der Waals surface area (Å²) in [5.74, 6) is -0.137. The van der Waals surface area contributed by atoms with Crippen LogP contribution in [0, 0.1) is 3.57 Å². The van der Waals surface area contributed by atoms with Gasteiger partial charge in [0, 0.05) is 26.1 Å². The Labute approximate surface area is 121 Å². The zero-order valence-corrected chi connectivity index (χ0v) is 12.4. The Kier molecular flexibility index (Phi) is 4.11. The summed E-state index contributed by atoms with van der Waals surface area (Å²) in [7, 11) is 0. The second-order valence-corrected chi connectivity index (χ2v) is 5.41. The van der Waals surface area contributed by atoms with Crippen molar-refractivity contribution in [2.45, 2.75) is 0 Å². The normalized spacial score (nSPS) is 10.0. The van der Waals surface area contributed by atoms with Crippen LogP contribution in [0.4, 0.5) is 5.69 Å². The Bertz CT molecular complexity index is 545. The maximum atomic E-state index is 12.0. The van der Waals surface area contributed by atoms with Crippen LogP contribution in [0.5, 0.6) is 0 Å². The predicted molar refractivity (Wildman–Crippen MR) is 79.0 cm³/mol. The maximum absolute atomic E-state index is 12.0. The van der Waals surface area contributed by atoms with Gasteiger partial charge in [-0.2, -0.15) is 0 Å². The summed E-state index contributed by atoms with van der Waals surface area (Å²) in [6, 6.07) is 9.14. The average molecular weight is 403 g/mol. The summed E-state index contributed by atoms with van der Waals surface area (Å²) in [4.78, 5) is 15.9. The number of benzene rings is 1. The van der Waals surface area contributed by atoms with E-state index in [-0.39, 0.29) is 5.91 Å². The van der Waals surface area contributed by atoms with Crippen molar-refractivity contribution in [2.75, 3.05) is 5.32 Å². The third-order valence-corrected chi connectivity index (χ3v) is 3.47. The Morgan fingerprint density at radius 1 is 1.24 bits per heavy atom. The molecule has 0 aliphatic rings. The number of amides is 1. The number of anilines is 1. The molecule has 0 saturated carbocycles. The lowest BCUT2D eigenvalue weighted by atomic mass is 10.2. The standard InChI is InChI=1S/C12H8BrIN2O/c13-11-2-1-8(14)7-10(11)12(17)16-9-3-5-15-6-4-9/h1-7H,(H,15,16,17). The largest absolute Gasteiger partial charge is 0.322 e. The number of hydrogen-bond acceptors (Lipinski definition) is 2. The first-order valence-corrected chi connectivity index (χ1v) is 6.70. The molecule has 5 heteroatoms. The molecule has 1 aromatic carbocycles. The second-order valence-electron chi connectivity index (χ2n) is 3.31. The van der Waals surface area contributed by atoms with Gasteiger partial charge in [0.15, 0.2) is 0 Å². The lowest BCUT2D eigenvalue weighted by molar-refractivity contribution is 0.102. The van der Waals surface area contributed by atoms with Gasteiger partial charge in [0.1, 0.15) is 0 Å². The summed E-state index contributed by atoms with van der Waals surface area (Å²) < 4.78 is 1.80. The van der Waals surface area contributed by atoms with E-state index < -0.39 is 0 Å². The van der Waals surface area contributed by atoms with Gasteiger partial charge in [0.2, 0.25) is 0 Å². The van der Waals surface area contributed by atoms with Crippen molar-refractivity contribution in [1.29, 1.82) is 0 Å². The highest BCUT2D eigenvalue weighted by atomic mass is 127. The lowest BCUT2D eigenvalue weighted by Gasteiger charge is -2.06. The summed E-state index contributed by atoms with van der Waals surface area (Å²) in [5, 5.41) is 2.81. The molecule has 0 spiro atoms. The quantitative estimate of drug-likeness (QED) is 0.778. The molecular weight excluding hydrogens is 395 g/mol. The molecule has 0 radical (unpaired) electrons. The van der Waals surface area contributed by atoms with Gasteiger partial charge >= 0.3 is 0 Å². The summed E-state index contributed by atoms with van der Waals surface area (Å²) in [6.45, 7) is 0. The number of hydrogen-bond donors (Lipinski definition) is 1. The van der Waals surface area contributed by atoms with E-state index >= 15 is 0 Å². The summed E-state index contributed by atoms with van der Waals surface area (Å²) >= 11 is 5.54. The first-order valence-electron chi connectivity index (χ1n) is 4.83. The van der Waals surface area contributed by atoms with Gasteiger partial charge in [-0.3, -0.25) is 9.78 Å². The van der Waals surface area contributed by atoms with Crippen molar-refractivity contribution in [3.05, 3.63) is 56.3 Å². The van der Waals surface area contributed by atoms with Crippen LogP contribution in [0.1, 0.15) is 10.4 Å². The van der Waals surface area contributed by atoms with E-state index in [9.17, 15) is 4.79 Å². The number of carbonyl (C=O) groups is 1. The Hall–Kier alpha value is -0.950. The zero-order valence-electron chi connectivity index (χ0n) is 8.65. The molecule has 1 amide bonds. The molecule has 0 aliphatic carbocycles. The minimum absolute atomic E-state index is 0.137. The third kappa shape index (κ3) is 3.26. The van der Waals surface area contributed by atoms with E-state index in [4.69, 9.17) is 0 Å². The van der Waals surface area contributed by atoms with Gasteiger partial charge in [-0.15, -0.1) is 0 Å². The average Bonchev–Trinajstić information content (AvgIpc) is 2.33. The van der Waals surface area contributed by atoms with Crippen LogP contribution >= 0.6 is 38.5 Å². The fourth-order valence-corrected chi connectivity index (χ4v) is 2.22. The molecule has 0 unspecified atom stereocenters. The van der Waals surface area contributed by atoms with Gasteiger partial charge in [-0.25, -0.2) is 0 Å². The number of nitrogens with one attached hydrogen (secondary N) is 1. The smallest absolute Gasteiger partial charge is 0.256 e. The van der Waals surface area contributed by atoms with Crippen LogP contribution in [-0.4, -0.2) is 10.9 Å². The van der Waals surface area contributed by atoms with E-state index in [2.05, 4.69) is 48.8 Å². The van der Waals surface area contributed by atoms with Gasteiger partial charge in [-0.1, -0.05) is 0 Å². The third-order valence-electron chi connectivity index (χ3n) is 2.11. The van der Waals surface area contributed by atoms with Gasteiger partial charge in [0.25, 0.3) is 5.91 Å². The van der Waals surface area contributed by atoms with Gasteiger partial charge < -0.3 is 5.32 Å². The molecule has 2 aromatic rings. The van der Waals surface area contributed by atoms with Crippen molar-refractivity contribution in [3.63, 3.8) is 0 Å². The minimum Gasteiger partial charge on any atom is -0.322 e. The first-order chi connectivity index (χ1) is 8.16. The SMILES string of the molecule is O=C(Nc1ccncc1)c1cc(I)ccc1Br. The molecule has 1 aromatic heterocycles. The minimum atomic E-state index is -0.137. The van der Waals surface area contributed by atoms with Crippen LogP contribution in [0.25, 0.3) is 0 Å². The van der Waals surface area contributed by atoms with Crippen LogP contribution in [-0.2, 0) is 0 Å². The fourth-order valence-electron chi connectivity index (χ4n) is 1.31. The number of pyridine rings is 1. The van der Waals surface area contributed by atoms with Crippen molar-refractivity contribution in [2.24, 2.45) is 0 Å². The number of halogens is 2. The van der Waals surface area contributed by atoms with E-state index in [1.165, 1.54) is 0 Å². The maximum Gasteiger partial charge on any atom is 0.256 e. The molecule has 0 aliphatic heterocycles. The molecule has 1 heterocycles. The van der Waals surface area contributed by atoms with Crippen LogP contribution in [0.15, 0.2) is 47.2 Å². The fraction of sp³-hybridized carbons (Fsp3) is 0. The first kappa shape index (κ1) is 12.5. The highest BCUT2D eigenvalue weighted by molar-refractivity contribution is 14.1. The van der Waals surface area contributed by atoms with E-state index in [0.717, 1.165) is 13.7 Å². The van der Waals surface area contributed by atoms with E-state index in [1.54, 1.807) is 24.5 Å². The van der Waals surface area contributed by atoms with Crippen LogP contribution in [0.2, 0.25) is 0 Å². The molecular formula is C12H8BrIN2O. The van der Waals surface area contributed by atoms with E-state index in [1.807, 2.05) is 18.2 Å². The second kappa shape index (κ2) is 5.59.